The third-order valence-corrected chi connectivity index (χ3v) is 6.66. The van der Waals surface area contributed by atoms with Gasteiger partial charge in [-0.05, 0) is 54.8 Å². The summed E-state index contributed by atoms with van der Waals surface area (Å²) in [6.07, 6.45) is 2.00. The van der Waals surface area contributed by atoms with Gasteiger partial charge in [-0.3, -0.25) is 15.4 Å². The first kappa shape index (κ1) is 19.0. The summed E-state index contributed by atoms with van der Waals surface area (Å²) in [5.74, 6) is -0.283. The Bertz CT molecular complexity index is 1130. The Hall–Kier alpha value is -3.04. The van der Waals surface area contributed by atoms with Crippen molar-refractivity contribution in [1.29, 1.82) is 0 Å². The minimum absolute atomic E-state index is 0.0842. The number of hydrogen-bond acceptors (Lipinski definition) is 5. The van der Waals surface area contributed by atoms with Crippen molar-refractivity contribution in [3.05, 3.63) is 53.8 Å². The Morgan fingerprint density at radius 2 is 1.97 bits per heavy atom. The van der Waals surface area contributed by atoms with Crippen LogP contribution in [0.5, 0.6) is 0 Å². The number of benzene rings is 2. The first-order chi connectivity index (χ1) is 14.5. The molecule has 1 atom stereocenters. The monoisotopic (exact) mass is 425 g/mol. The van der Waals surface area contributed by atoms with Gasteiger partial charge in [-0.2, -0.15) is 0 Å². The predicted molar refractivity (Wildman–Crippen MR) is 114 cm³/mol. The van der Waals surface area contributed by atoms with Crippen LogP contribution in [-0.4, -0.2) is 41.0 Å². The van der Waals surface area contributed by atoms with Crippen LogP contribution in [-0.2, 0) is 4.79 Å². The number of rotatable bonds is 3. The minimum Gasteiger partial charge on any atom is -0.341 e. The van der Waals surface area contributed by atoms with Crippen LogP contribution in [0.15, 0.2) is 42.5 Å². The van der Waals surface area contributed by atoms with Gasteiger partial charge in [-0.25, -0.2) is 14.2 Å². The van der Waals surface area contributed by atoms with Gasteiger partial charge in [0, 0.05) is 24.8 Å². The second-order valence-electron chi connectivity index (χ2n) is 7.70. The van der Waals surface area contributed by atoms with Crippen LogP contribution in [0, 0.1) is 5.82 Å². The fraction of sp³-hybridized carbons (Fsp3) is 0.286. The number of halogens is 1. The van der Waals surface area contributed by atoms with E-state index in [0.717, 1.165) is 28.6 Å². The second-order valence-corrected chi connectivity index (χ2v) is 8.73. The van der Waals surface area contributed by atoms with E-state index in [1.54, 1.807) is 0 Å². The van der Waals surface area contributed by atoms with Gasteiger partial charge >= 0.3 is 6.03 Å². The number of likely N-dealkylation sites (N-methyl/N-ethyl adjacent to an activating group) is 1. The zero-order chi connectivity index (χ0) is 20.8. The van der Waals surface area contributed by atoms with Crippen molar-refractivity contribution < 1.29 is 14.0 Å². The fourth-order valence-corrected chi connectivity index (χ4v) is 4.85. The highest BCUT2D eigenvalue weighted by atomic mass is 32.1. The van der Waals surface area contributed by atoms with Crippen molar-refractivity contribution in [3.8, 4) is 0 Å². The number of carbonyl (C=O) groups excluding carboxylic acids is 2. The highest BCUT2D eigenvalue weighted by Crippen LogP contribution is 2.35. The molecule has 7 nitrogen and oxygen atoms in total. The molecule has 0 radical (unpaired) electrons. The maximum Gasteiger partial charge on any atom is 0.325 e. The number of fused-ring (bicyclic) bond motifs is 4. The molecular weight excluding hydrogens is 405 g/mol. The third kappa shape index (κ3) is 3.50. The highest BCUT2D eigenvalue weighted by molar-refractivity contribution is 7.22. The van der Waals surface area contributed by atoms with Crippen molar-refractivity contribution in [1.82, 2.24) is 15.2 Å². The topological polar surface area (TPSA) is 86.4 Å². The molecule has 3 aliphatic rings. The van der Waals surface area contributed by atoms with E-state index >= 15 is 0 Å². The van der Waals surface area contributed by atoms with Gasteiger partial charge in [0.25, 0.3) is 0 Å². The van der Waals surface area contributed by atoms with Gasteiger partial charge in [0.2, 0.25) is 5.91 Å². The van der Waals surface area contributed by atoms with Crippen LogP contribution < -0.4 is 16.0 Å². The number of nitrogens with one attached hydrogen (secondary N) is 3. The van der Waals surface area contributed by atoms with Crippen molar-refractivity contribution >= 4 is 44.3 Å². The summed E-state index contributed by atoms with van der Waals surface area (Å²) in [6.45, 7) is 0. The van der Waals surface area contributed by atoms with Crippen molar-refractivity contribution in [2.24, 2.45) is 0 Å². The summed E-state index contributed by atoms with van der Waals surface area (Å²) in [5, 5.41) is 9.26. The number of nitrogens with zero attached hydrogens (tertiary/aromatic N) is 2. The molecule has 3 amide bonds. The average Bonchev–Trinajstić information content (AvgIpc) is 2.98. The molecule has 154 valence electrons. The Balaban J connectivity index is 1.33. The molecule has 1 aliphatic carbocycles. The van der Waals surface area contributed by atoms with E-state index in [-0.39, 0.29) is 17.8 Å². The Labute approximate surface area is 176 Å². The number of aromatic nitrogens is 1. The Morgan fingerprint density at radius 3 is 2.73 bits per heavy atom. The number of urea groups is 1. The molecule has 1 unspecified atom stereocenters. The molecule has 3 heterocycles. The molecule has 1 aromatic heterocycles. The van der Waals surface area contributed by atoms with Crippen LogP contribution >= 0.6 is 11.3 Å². The molecule has 3 fully saturated rings. The number of anilines is 2. The zero-order valence-corrected chi connectivity index (χ0v) is 17.0. The number of carbonyl (C=O) groups is 2. The summed E-state index contributed by atoms with van der Waals surface area (Å²) < 4.78 is 13.9. The molecular formula is C21H20FN5O2S. The summed E-state index contributed by atoms with van der Waals surface area (Å²) in [7, 11) is 1.87. The predicted octanol–water partition coefficient (Wildman–Crippen LogP) is 3.71. The lowest BCUT2D eigenvalue weighted by molar-refractivity contribution is -0.133. The van der Waals surface area contributed by atoms with Gasteiger partial charge in [0.05, 0.1) is 10.2 Å². The van der Waals surface area contributed by atoms with Crippen LogP contribution in [0.4, 0.5) is 20.0 Å². The molecule has 0 spiro atoms. The van der Waals surface area contributed by atoms with Crippen molar-refractivity contribution in [3.63, 3.8) is 0 Å². The standard InChI is InChI=1S/C21H20FN5O2S/c1-27-15-9-14(10-15)23-18(19(27)28)11-2-7-16-17(8-11)30-21(25-16)26-20(29)24-13-5-3-12(22)4-6-13/h2-8,14-15,18,23H,9-10H2,1H3,(H2,24,25,26,29). The summed E-state index contributed by atoms with van der Waals surface area (Å²) in [6, 6.07) is 11.2. The fourth-order valence-electron chi connectivity index (χ4n) is 3.94. The van der Waals surface area contributed by atoms with Crippen LogP contribution in [0.25, 0.3) is 10.2 Å². The van der Waals surface area contributed by atoms with Gasteiger partial charge < -0.3 is 10.2 Å². The lowest BCUT2D eigenvalue weighted by Gasteiger charge is -2.36. The minimum atomic E-state index is -0.456. The smallest absolute Gasteiger partial charge is 0.325 e. The van der Waals surface area contributed by atoms with E-state index < -0.39 is 6.03 Å². The largest absolute Gasteiger partial charge is 0.341 e. The molecule has 2 saturated heterocycles. The Morgan fingerprint density at radius 1 is 1.20 bits per heavy atom. The molecule has 30 heavy (non-hydrogen) atoms. The van der Waals surface area contributed by atoms with E-state index in [1.165, 1.54) is 35.6 Å². The molecule has 1 saturated carbocycles. The summed E-state index contributed by atoms with van der Waals surface area (Å²) in [5.41, 5.74) is 2.13. The van der Waals surface area contributed by atoms with E-state index in [0.29, 0.717) is 22.9 Å². The molecule has 2 bridgehead atoms. The lowest BCUT2D eigenvalue weighted by atomic mass is 9.87. The molecule has 6 rings (SSSR count). The molecule has 9 heteroatoms. The van der Waals surface area contributed by atoms with Gasteiger partial charge in [-0.15, -0.1) is 0 Å². The van der Waals surface area contributed by atoms with Crippen LogP contribution in [0.1, 0.15) is 24.4 Å². The summed E-state index contributed by atoms with van der Waals surface area (Å²) in [4.78, 5) is 31.3. The van der Waals surface area contributed by atoms with Crippen LogP contribution in [0.2, 0.25) is 0 Å². The van der Waals surface area contributed by atoms with Gasteiger partial charge in [0.15, 0.2) is 5.13 Å². The van der Waals surface area contributed by atoms with Crippen molar-refractivity contribution in [2.45, 2.75) is 31.0 Å². The van der Waals surface area contributed by atoms with Gasteiger partial charge in [-0.1, -0.05) is 17.4 Å². The summed E-state index contributed by atoms with van der Waals surface area (Å²) >= 11 is 1.34. The van der Waals surface area contributed by atoms with E-state index in [4.69, 9.17) is 0 Å². The normalized spacial score (nSPS) is 23.1. The van der Waals surface area contributed by atoms with Crippen molar-refractivity contribution in [2.75, 3.05) is 17.7 Å². The third-order valence-electron chi connectivity index (χ3n) is 5.73. The lowest BCUT2D eigenvalue weighted by Crippen LogP contribution is -2.46. The first-order valence-electron chi connectivity index (χ1n) is 9.73. The highest BCUT2D eigenvalue weighted by Gasteiger charge is 2.42. The molecule has 2 aliphatic heterocycles. The Kier molecular flexibility index (Phi) is 4.63. The van der Waals surface area contributed by atoms with E-state index in [9.17, 15) is 14.0 Å². The van der Waals surface area contributed by atoms with Crippen LogP contribution in [0.3, 0.4) is 0 Å². The molecule has 3 aromatic rings. The number of amides is 3. The maximum atomic E-state index is 13.0. The molecule has 2 aromatic carbocycles. The quantitative estimate of drug-likeness (QED) is 0.597. The zero-order valence-electron chi connectivity index (χ0n) is 16.2. The number of hydrogen-bond donors (Lipinski definition) is 3. The van der Waals surface area contributed by atoms with E-state index in [1.807, 2.05) is 30.1 Å². The first-order valence-corrected chi connectivity index (χ1v) is 10.5. The van der Waals surface area contributed by atoms with E-state index in [2.05, 4.69) is 20.9 Å². The average molecular weight is 425 g/mol. The number of thiazole rings is 1. The molecule has 3 N–H and O–H groups in total. The second kappa shape index (κ2) is 7.33. The van der Waals surface area contributed by atoms with Gasteiger partial charge in [0.1, 0.15) is 11.9 Å². The maximum absolute atomic E-state index is 13.0. The SMILES string of the molecule is CN1C(=O)C(c2ccc3nc(NC(=O)Nc4ccc(F)cc4)sc3c2)NC2CC1C2.